The van der Waals surface area contributed by atoms with Crippen molar-refractivity contribution in [2.24, 2.45) is 0 Å². The van der Waals surface area contributed by atoms with Crippen LogP contribution in [-0.4, -0.2) is 17.6 Å². The zero-order valence-electron chi connectivity index (χ0n) is 12.4. The predicted octanol–water partition coefficient (Wildman–Crippen LogP) is 4.00. The van der Waals surface area contributed by atoms with Crippen LogP contribution in [0.15, 0.2) is 72.9 Å². The summed E-state index contributed by atoms with van der Waals surface area (Å²) in [6, 6.07) is 22.3. The average molecular weight is 291 g/mol. The Bertz CT molecular complexity index is 761. The van der Waals surface area contributed by atoms with Gasteiger partial charge in [-0.05, 0) is 22.8 Å². The van der Waals surface area contributed by atoms with Gasteiger partial charge in [-0.2, -0.15) is 0 Å². The number of nitrogens with zero attached hydrogens (tertiary/aromatic N) is 1. The maximum Gasteiger partial charge on any atom is 0.325 e. The van der Waals surface area contributed by atoms with Crippen LogP contribution in [0.3, 0.4) is 0 Å². The van der Waals surface area contributed by atoms with E-state index in [2.05, 4.69) is 18.2 Å². The van der Waals surface area contributed by atoms with Crippen molar-refractivity contribution in [3.8, 4) is 22.4 Å². The number of benzene rings is 2. The summed E-state index contributed by atoms with van der Waals surface area (Å²) >= 11 is 0. The van der Waals surface area contributed by atoms with Gasteiger partial charge in [0.2, 0.25) is 0 Å². The molecule has 0 N–H and O–H groups in total. The van der Waals surface area contributed by atoms with E-state index in [-0.39, 0.29) is 12.5 Å². The molecule has 2 aromatic carbocycles. The molecule has 1 heterocycles. The topological polar surface area (TPSA) is 31.2 Å². The van der Waals surface area contributed by atoms with Gasteiger partial charge in [-0.25, -0.2) is 0 Å². The van der Waals surface area contributed by atoms with Gasteiger partial charge < -0.3 is 9.30 Å². The Labute approximate surface area is 129 Å². The van der Waals surface area contributed by atoms with Crippen molar-refractivity contribution < 1.29 is 9.53 Å². The fourth-order valence-corrected chi connectivity index (χ4v) is 2.49. The lowest BCUT2D eigenvalue weighted by molar-refractivity contribution is -0.141. The second kappa shape index (κ2) is 6.31. The number of aromatic nitrogens is 1. The standard InChI is InChI=1S/C19H17NO2/c1-22-19(21)14-20-13-17(15-8-4-2-5-9-15)12-18(20)16-10-6-3-7-11-16/h2-13H,14H2,1H3. The van der Waals surface area contributed by atoms with E-state index in [1.54, 1.807) is 0 Å². The molecule has 1 aromatic heterocycles. The van der Waals surface area contributed by atoms with Crippen LogP contribution in [0.5, 0.6) is 0 Å². The summed E-state index contributed by atoms with van der Waals surface area (Å²) in [4.78, 5) is 11.7. The molecule has 0 amide bonds. The molecule has 0 atom stereocenters. The lowest BCUT2D eigenvalue weighted by Crippen LogP contribution is -2.11. The Morgan fingerprint density at radius 1 is 0.909 bits per heavy atom. The third-order valence-corrected chi connectivity index (χ3v) is 3.60. The van der Waals surface area contributed by atoms with Gasteiger partial charge in [0.1, 0.15) is 6.54 Å². The molecule has 0 aliphatic carbocycles. The van der Waals surface area contributed by atoms with E-state index < -0.39 is 0 Å². The molecule has 0 fully saturated rings. The summed E-state index contributed by atoms with van der Waals surface area (Å²) in [6.45, 7) is 0.202. The van der Waals surface area contributed by atoms with Crippen LogP contribution in [0.2, 0.25) is 0 Å². The van der Waals surface area contributed by atoms with E-state index in [1.165, 1.54) is 7.11 Å². The Morgan fingerprint density at radius 2 is 1.50 bits per heavy atom. The zero-order valence-corrected chi connectivity index (χ0v) is 12.4. The molecule has 0 saturated carbocycles. The monoisotopic (exact) mass is 291 g/mol. The molecule has 3 heteroatoms. The van der Waals surface area contributed by atoms with E-state index in [4.69, 9.17) is 4.74 Å². The lowest BCUT2D eigenvalue weighted by atomic mass is 10.1. The molecular weight excluding hydrogens is 274 g/mol. The molecule has 3 nitrogen and oxygen atoms in total. The van der Waals surface area contributed by atoms with Gasteiger partial charge in [0.25, 0.3) is 0 Å². The number of carbonyl (C=O) groups is 1. The first-order valence-electron chi connectivity index (χ1n) is 7.16. The first-order chi connectivity index (χ1) is 10.8. The maximum atomic E-state index is 11.7. The largest absolute Gasteiger partial charge is 0.468 e. The molecule has 0 unspecified atom stereocenters. The molecule has 0 aliphatic rings. The first-order valence-corrected chi connectivity index (χ1v) is 7.16. The minimum atomic E-state index is -0.257. The molecule has 0 saturated heterocycles. The van der Waals surface area contributed by atoms with Crippen LogP contribution in [0, 0.1) is 0 Å². The van der Waals surface area contributed by atoms with Crippen molar-refractivity contribution >= 4 is 5.97 Å². The fourth-order valence-electron chi connectivity index (χ4n) is 2.49. The number of hydrogen-bond acceptors (Lipinski definition) is 2. The number of ether oxygens (including phenoxy) is 1. The number of esters is 1. The van der Waals surface area contributed by atoms with Crippen LogP contribution in [-0.2, 0) is 16.1 Å². The second-order valence-corrected chi connectivity index (χ2v) is 5.05. The van der Waals surface area contributed by atoms with Crippen molar-refractivity contribution in [3.05, 3.63) is 72.9 Å². The van der Waals surface area contributed by atoms with E-state index in [1.807, 2.05) is 59.3 Å². The fraction of sp³-hybridized carbons (Fsp3) is 0.105. The molecule has 3 rings (SSSR count). The summed E-state index contributed by atoms with van der Waals surface area (Å²) in [6.07, 6.45) is 1.99. The minimum absolute atomic E-state index is 0.202. The normalized spacial score (nSPS) is 10.4. The summed E-state index contributed by atoms with van der Waals surface area (Å²) in [5, 5.41) is 0. The van der Waals surface area contributed by atoms with Crippen LogP contribution in [0.1, 0.15) is 0 Å². The van der Waals surface area contributed by atoms with Crippen LogP contribution >= 0.6 is 0 Å². The first kappa shape index (κ1) is 14.1. The number of rotatable bonds is 4. The minimum Gasteiger partial charge on any atom is -0.468 e. The molecule has 0 bridgehead atoms. The summed E-state index contributed by atoms with van der Waals surface area (Å²) in [7, 11) is 1.41. The summed E-state index contributed by atoms with van der Waals surface area (Å²) < 4.78 is 6.73. The van der Waals surface area contributed by atoms with Crippen molar-refractivity contribution in [2.75, 3.05) is 7.11 Å². The maximum absolute atomic E-state index is 11.7. The van der Waals surface area contributed by atoms with Crippen LogP contribution < -0.4 is 0 Å². The molecule has 3 aromatic rings. The quantitative estimate of drug-likeness (QED) is 0.680. The molecular formula is C19H17NO2. The Kier molecular flexibility index (Phi) is 4.05. The molecule has 22 heavy (non-hydrogen) atoms. The van der Waals surface area contributed by atoms with E-state index in [0.717, 1.165) is 22.4 Å². The van der Waals surface area contributed by atoms with Gasteiger partial charge in [0.15, 0.2) is 0 Å². The van der Waals surface area contributed by atoms with Gasteiger partial charge in [-0.3, -0.25) is 4.79 Å². The third-order valence-electron chi connectivity index (χ3n) is 3.60. The molecule has 0 radical (unpaired) electrons. The van der Waals surface area contributed by atoms with E-state index in [9.17, 15) is 4.79 Å². The van der Waals surface area contributed by atoms with Crippen molar-refractivity contribution in [1.82, 2.24) is 4.57 Å². The van der Waals surface area contributed by atoms with Gasteiger partial charge in [-0.1, -0.05) is 60.7 Å². The van der Waals surface area contributed by atoms with Gasteiger partial charge in [0.05, 0.1) is 7.11 Å². The predicted molar refractivity (Wildman–Crippen MR) is 87.3 cm³/mol. The van der Waals surface area contributed by atoms with Crippen molar-refractivity contribution in [3.63, 3.8) is 0 Å². The van der Waals surface area contributed by atoms with Crippen molar-refractivity contribution in [2.45, 2.75) is 6.54 Å². The van der Waals surface area contributed by atoms with Gasteiger partial charge in [-0.15, -0.1) is 0 Å². The zero-order chi connectivity index (χ0) is 15.4. The SMILES string of the molecule is COC(=O)Cn1cc(-c2ccccc2)cc1-c1ccccc1. The highest BCUT2D eigenvalue weighted by Crippen LogP contribution is 2.28. The molecule has 0 aliphatic heterocycles. The lowest BCUT2D eigenvalue weighted by Gasteiger charge is -2.07. The van der Waals surface area contributed by atoms with Crippen LogP contribution in [0.25, 0.3) is 22.4 Å². The smallest absolute Gasteiger partial charge is 0.325 e. The highest BCUT2D eigenvalue weighted by Gasteiger charge is 2.12. The average Bonchev–Trinajstić information content (AvgIpc) is 3.00. The number of carbonyl (C=O) groups excluding carboxylic acids is 1. The van der Waals surface area contributed by atoms with Gasteiger partial charge >= 0.3 is 5.97 Å². The van der Waals surface area contributed by atoms with E-state index >= 15 is 0 Å². The van der Waals surface area contributed by atoms with Gasteiger partial charge in [0, 0.05) is 11.9 Å². The van der Waals surface area contributed by atoms with Crippen molar-refractivity contribution in [1.29, 1.82) is 0 Å². The number of methoxy groups -OCH3 is 1. The summed E-state index contributed by atoms with van der Waals surface area (Å²) in [5.41, 5.74) is 4.30. The number of hydrogen-bond donors (Lipinski definition) is 0. The third kappa shape index (κ3) is 2.93. The molecule has 0 spiro atoms. The highest BCUT2D eigenvalue weighted by molar-refractivity contribution is 5.75. The summed E-state index contributed by atoms with van der Waals surface area (Å²) in [5.74, 6) is -0.257. The Hall–Kier alpha value is -2.81. The molecule has 110 valence electrons. The van der Waals surface area contributed by atoms with E-state index in [0.29, 0.717) is 0 Å². The second-order valence-electron chi connectivity index (χ2n) is 5.05. The van der Waals surface area contributed by atoms with Crippen LogP contribution in [0.4, 0.5) is 0 Å². The Balaban J connectivity index is 2.07. The highest BCUT2D eigenvalue weighted by atomic mass is 16.5. The Morgan fingerprint density at radius 3 is 2.09 bits per heavy atom.